The van der Waals surface area contributed by atoms with Gasteiger partial charge in [-0.2, -0.15) is 0 Å². The second-order valence-electron chi connectivity index (χ2n) is 4.90. The van der Waals surface area contributed by atoms with Crippen molar-refractivity contribution in [3.8, 4) is 11.8 Å². The summed E-state index contributed by atoms with van der Waals surface area (Å²) in [6.45, 7) is 0.270. The van der Waals surface area contributed by atoms with Gasteiger partial charge in [-0.1, -0.05) is 30.0 Å². The van der Waals surface area contributed by atoms with E-state index in [0.29, 0.717) is 17.0 Å². The normalized spacial score (nSPS) is 12.4. The molecular weight excluding hydrogens is 308 g/mol. The van der Waals surface area contributed by atoms with E-state index in [1.807, 2.05) is 36.4 Å². The summed E-state index contributed by atoms with van der Waals surface area (Å²) in [7, 11) is 0. The van der Waals surface area contributed by atoms with Crippen LogP contribution in [0.15, 0.2) is 53.4 Å². The third kappa shape index (κ3) is 3.93. The highest BCUT2D eigenvalue weighted by atomic mass is 32.2. The molecule has 114 valence electrons. The number of anilines is 1. The molecule has 2 aromatic rings. The van der Waals surface area contributed by atoms with E-state index >= 15 is 0 Å². The van der Waals surface area contributed by atoms with Crippen LogP contribution < -0.4 is 10.6 Å². The number of thioether (sulfide) groups is 1. The Morgan fingerprint density at radius 2 is 2.04 bits per heavy atom. The van der Waals surface area contributed by atoms with Gasteiger partial charge in [0.25, 0.3) is 5.91 Å². The van der Waals surface area contributed by atoms with E-state index in [1.54, 1.807) is 12.1 Å². The Morgan fingerprint density at radius 3 is 2.87 bits per heavy atom. The Hall–Kier alpha value is -2.71. The molecule has 1 heterocycles. The zero-order valence-electron chi connectivity index (χ0n) is 12.3. The van der Waals surface area contributed by atoms with Crippen LogP contribution in [0.25, 0.3) is 0 Å². The van der Waals surface area contributed by atoms with Crippen LogP contribution in [-0.2, 0) is 4.79 Å². The fourth-order valence-electron chi connectivity index (χ4n) is 2.12. The zero-order chi connectivity index (χ0) is 16.1. The van der Waals surface area contributed by atoms with Crippen LogP contribution >= 0.6 is 11.8 Å². The molecule has 5 heteroatoms. The molecule has 2 aromatic carbocycles. The molecule has 3 rings (SSSR count). The molecule has 0 radical (unpaired) electrons. The van der Waals surface area contributed by atoms with Gasteiger partial charge in [-0.25, -0.2) is 0 Å². The number of hydrogen-bond donors (Lipinski definition) is 2. The highest BCUT2D eigenvalue weighted by Gasteiger charge is 2.16. The molecule has 0 saturated carbocycles. The maximum atomic E-state index is 12.1. The van der Waals surface area contributed by atoms with E-state index in [0.717, 1.165) is 10.5 Å². The van der Waals surface area contributed by atoms with E-state index < -0.39 is 0 Å². The monoisotopic (exact) mass is 322 g/mol. The average Bonchev–Trinajstić information content (AvgIpc) is 2.58. The van der Waals surface area contributed by atoms with Crippen molar-refractivity contribution in [1.29, 1.82) is 0 Å². The summed E-state index contributed by atoms with van der Waals surface area (Å²) in [5.41, 5.74) is 2.11. The summed E-state index contributed by atoms with van der Waals surface area (Å²) in [5, 5.41) is 5.53. The van der Waals surface area contributed by atoms with Crippen LogP contribution in [0.4, 0.5) is 5.69 Å². The van der Waals surface area contributed by atoms with Gasteiger partial charge in [-0.3, -0.25) is 9.59 Å². The van der Waals surface area contributed by atoms with Gasteiger partial charge in [0, 0.05) is 16.0 Å². The summed E-state index contributed by atoms with van der Waals surface area (Å²) < 4.78 is 0. The SMILES string of the molecule is O=C1CSc2ccc(C(=O)NCC#Cc3ccccc3)cc2N1. The van der Waals surface area contributed by atoms with Crippen LogP contribution in [0, 0.1) is 11.8 Å². The maximum Gasteiger partial charge on any atom is 0.252 e. The number of fused-ring (bicyclic) bond motifs is 1. The Morgan fingerprint density at radius 1 is 1.22 bits per heavy atom. The number of hydrogen-bond acceptors (Lipinski definition) is 3. The van der Waals surface area contributed by atoms with Gasteiger partial charge in [0.1, 0.15) is 0 Å². The minimum absolute atomic E-state index is 0.0474. The topological polar surface area (TPSA) is 58.2 Å². The number of benzene rings is 2. The fraction of sp³-hybridized carbons (Fsp3) is 0.111. The molecule has 2 amide bonds. The van der Waals surface area contributed by atoms with E-state index in [-0.39, 0.29) is 18.4 Å². The van der Waals surface area contributed by atoms with Crippen molar-refractivity contribution in [3.63, 3.8) is 0 Å². The number of carbonyl (C=O) groups is 2. The molecule has 0 saturated heterocycles. The predicted molar refractivity (Wildman–Crippen MR) is 91.4 cm³/mol. The molecule has 23 heavy (non-hydrogen) atoms. The summed E-state index contributed by atoms with van der Waals surface area (Å²) in [5.74, 6) is 6.05. The lowest BCUT2D eigenvalue weighted by molar-refractivity contribution is -0.113. The number of carbonyl (C=O) groups excluding carboxylic acids is 2. The Balaban J connectivity index is 1.62. The molecule has 1 aliphatic heterocycles. The lowest BCUT2D eigenvalue weighted by Crippen LogP contribution is -2.24. The third-order valence-electron chi connectivity index (χ3n) is 3.22. The summed E-state index contributed by atoms with van der Waals surface area (Å²) in [6, 6.07) is 14.9. The summed E-state index contributed by atoms with van der Waals surface area (Å²) in [6.07, 6.45) is 0. The van der Waals surface area contributed by atoms with E-state index in [1.165, 1.54) is 11.8 Å². The van der Waals surface area contributed by atoms with Gasteiger partial charge in [0.2, 0.25) is 5.91 Å². The molecule has 2 N–H and O–H groups in total. The van der Waals surface area contributed by atoms with Crippen LogP contribution in [-0.4, -0.2) is 24.1 Å². The van der Waals surface area contributed by atoms with Crippen molar-refractivity contribution >= 4 is 29.3 Å². The second-order valence-corrected chi connectivity index (χ2v) is 5.92. The third-order valence-corrected chi connectivity index (χ3v) is 4.29. The van der Waals surface area contributed by atoms with Crippen molar-refractivity contribution < 1.29 is 9.59 Å². The quantitative estimate of drug-likeness (QED) is 0.835. The van der Waals surface area contributed by atoms with Gasteiger partial charge >= 0.3 is 0 Å². The first kappa shape index (κ1) is 15.2. The Bertz CT molecular complexity index is 807. The van der Waals surface area contributed by atoms with Gasteiger partial charge in [-0.05, 0) is 30.3 Å². The lowest BCUT2D eigenvalue weighted by atomic mass is 10.2. The highest BCUT2D eigenvalue weighted by Crippen LogP contribution is 2.31. The van der Waals surface area contributed by atoms with Gasteiger partial charge in [-0.15, -0.1) is 11.8 Å². The zero-order valence-corrected chi connectivity index (χ0v) is 13.1. The van der Waals surface area contributed by atoms with Crippen molar-refractivity contribution in [1.82, 2.24) is 5.32 Å². The van der Waals surface area contributed by atoms with Gasteiger partial charge < -0.3 is 10.6 Å². The van der Waals surface area contributed by atoms with Crippen molar-refractivity contribution in [2.75, 3.05) is 17.6 Å². The molecular formula is C18H14N2O2S. The minimum Gasteiger partial charge on any atom is -0.341 e. The Kier molecular flexibility index (Phi) is 4.65. The van der Waals surface area contributed by atoms with Gasteiger partial charge in [0.15, 0.2) is 0 Å². The van der Waals surface area contributed by atoms with E-state index in [9.17, 15) is 9.59 Å². The first-order valence-corrected chi connectivity index (χ1v) is 8.10. The fourth-order valence-corrected chi connectivity index (χ4v) is 2.91. The molecule has 4 nitrogen and oxygen atoms in total. The van der Waals surface area contributed by atoms with Crippen molar-refractivity contribution in [2.24, 2.45) is 0 Å². The number of nitrogens with one attached hydrogen (secondary N) is 2. The van der Waals surface area contributed by atoms with Crippen LogP contribution in [0.5, 0.6) is 0 Å². The summed E-state index contributed by atoms with van der Waals surface area (Å²) >= 11 is 1.47. The second kappa shape index (κ2) is 7.03. The van der Waals surface area contributed by atoms with Crippen LogP contribution in [0.1, 0.15) is 15.9 Å². The lowest BCUT2D eigenvalue weighted by Gasteiger charge is -2.16. The first-order chi connectivity index (χ1) is 11.2. The van der Waals surface area contributed by atoms with E-state index in [2.05, 4.69) is 22.5 Å². The maximum absolute atomic E-state index is 12.1. The van der Waals surface area contributed by atoms with E-state index in [4.69, 9.17) is 0 Å². The van der Waals surface area contributed by atoms with Crippen molar-refractivity contribution in [3.05, 3.63) is 59.7 Å². The number of amides is 2. The molecule has 0 aliphatic carbocycles. The molecule has 0 aromatic heterocycles. The Labute approximate surface area is 138 Å². The minimum atomic E-state index is -0.208. The molecule has 0 bridgehead atoms. The molecule has 1 aliphatic rings. The predicted octanol–water partition coefficient (Wildman–Crippen LogP) is 2.51. The first-order valence-electron chi connectivity index (χ1n) is 7.11. The van der Waals surface area contributed by atoms with Gasteiger partial charge in [0.05, 0.1) is 18.0 Å². The largest absolute Gasteiger partial charge is 0.341 e. The molecule has 0 unspecified atom stereocenters. The van der Waals surface area contributed by atoms with Crippen LogP contribution in [0.3, 0.4) is 0 Å². The summed E-state index contributed by atoms with van der Waals surface area (Å²) in [4.78, 5) is 24.5. The van der Waals surface area contributed by atoms with Crippen molar-refractivity contribution in [2.45, 2.75) is 4.90 Å². The highest BCUT2D eigenvalue weighted by molar-refractivity contribution is 8.00. The van der Waals surface area contributed by atoms with Crippen LogP contribution in [0.2, 0.25) is 0 Å². The number of rotatable bonds is 2. The molecule has 0 spiro atoms. The standard InChI is InChI=1S/C18H14N2O2S/c21-17-12-23-16-9-8-14(11-15(16)20-17)18(22)19-10-4-7-13-5-2-1-3-6-13/h1-3,5-6,8-9,11H,10,12H2,(H,19,22)(H,20,21). The molecule has 0 fully saturated rings. The smallest absolute Gasteiger partial charge is 0.252 e. The molecule has 0 atom stereocenters. The average molecular weight is 322 g/mol.